The molecule has 14 heteroatoms. The van der Waals surface area contributed by atoms with Crippen LogP contribution in [0.15, 0.2) is 43.0 Å². The molecule has 0 atom stereocenters. The van der Waals surface area contributed by atoms with Crippen LogP contribution in [0.4, 0.5) is 9.80 Å². The summed E-state index contributed by atoms with van der Waals surface area (Å²) in [6.07, 6.45) is 8.14. The van der Waals surface area contributed by atoms with E-state index in [1.165, 1.54) is 11.3 Å². The molecule has 0 radical (unpaired) electrons. The van der Waals surface area contributed by atoms with Gasteiger partial charge in [-0.05, 0) is 50.5 Å². The fraction of sp³-hybridized carbons (Fsp3) is 0.406. The third kappa shape index (κ3) is 7.47. The van der Waals surface area contributed by atoms with Crippen molar-refractivity contribution in [3.8, 4) is 10.6 Å². The summed E-state index contributed by atoms with van der Waals surface area (Å²) in [6, 6.07) is 6.25. The fourth-order valence-corrected chi connectivity index (χ4v) is 7.80. The normalized spacial score (nSPS) is 13.3. The van der Waals surface area contributed by atoms with E-state index in [0.29, 0.717) is 52.1 Å². The summed E-state index contributed by atoms with van der Waals surface area (Å²) in [5.41, 5.74) is 11.3. The molecule has 0 bridgehead atoms. The fourth-order valence-electron chi connectivity index (χ4n) is 5.35. The first-order valence-corrected chi connectivity index (χ1v) is 16.9. The number of carbonyl (C=O) groups excluding carboxylic acids is 2. The number of carbonyl (C=O) groups is 2. The number of ether oxygens (including phenoxy) is 1. The Hall–Kier alpha value is -4.11. The van der Waals surface area contributed by atoms with Gasteiger partial charge in [0, 0.05) is 73.6 Å². The lowest BCUT2D eigenvalue weighted by Crippen LogP contribution is -2.39. The molecule has 0 aliphatic carbocycles. The summed E-state index contributed by atoms with van der Waals surface area (Å²) < 4.78 is 10.4. The van der Waals surface area contributed by atoms with Crippen LogP contribution in [0.3, 0.4) is 0 Å². The van der Waals surface area contributed by atoms with Gasteiger partial charge in [0.1, 0.15) is 15.6 Å². The minimum atomic E-state index is -0.577. The minimum absolute atomic E-state index is 0.0815. The van der Waals surface area contributed by atoms with Gasteiger partial charge in [-0.15, -0.1) is 22.7 Å². The number of rotatable bonds is 10. The molecule has 4 N–H and O–H groups in total. The van der Waals surface area contributed by atoms with Crippen LogP contribution in [0.5, 0.6) is 0 Å². The number of anilines is 1. The molecule has 1 aliphatic heterocycles. The minimum Gasteiger partial charge on any atom is -0.444 e. The number of nitrogens with zero attached hydrogens (tertiary/aromatic N) is 6. The monoisotopic (exact) mass is 661 g/mol. The molecule has 1 aliphatic rings. The summed E-state index contributed by atoms with van der Waals surface area (Å²) >= 11 is 3.12. The average molecular weight is 662 g/mol. The number of fused-ring (bicyclic) bond motifs is 2. The third-order valence-electron chi connectivity index (χ3n) is 7.51. The number of benzene rings is 1. The predicted molar refractivity (Wildman–Crippen MR) is 181 cm³/mol. The zero-order valence-electron chi connectivity index (χ0n) is 26.5. The highest BCUT2D eigenvalue weighted by molar-refractivity contribution is 7.23. The van der Waals surface area contributed by atoms with Crippen molar-refractivity contribution in [3.05, 3.63) is 70.1 Å². The van der Waals surface area contributed by atoms with E-state index < -0.39 is 5.60 Å². The van der Waals surface area contributed by atoms with Crippen LogP contribution >= 0.6 is 22.7 Å². The molecule has 4 aromatic heterocycles. The Morgan fingerprint density at radius 1 is 1.09 bits per heavy atom. The van der Waals surface area contributed by atoms with Crippen molar-refractivity contribution in [2.24, 2.45) is 12.8 Å². The Bertz CT molecular complexity index is 1860. The Kier molecular flexibility index (Phi) is 9.22. The van der Waals surface area contributed by atoms with Gasteiger partial charge in [0.2, 0.25) is 5.91 Å². The molecule has 1 aromatic carbocycles. The van der Waals surface area contributed by atoms with Crippen LogP contribution in [0.1, 0.15) is 54.3 Å². The van der Waals surface area contributed by atoms with Gasteiger partial charge in [0.25, 0.3) is 0 Å². The van der Waals surface area contributed by atoms with E-state index in [1.54, 1.807) is 27.1 Å². The lowest BCUT2D eigenvalue weighted by molar-refractivity contribution is -0.116. The molecule has 6 rings (SSSR count). The SMILES string of the molecule is Cn1cc(CNCCC(=O)Nc2sc3c(c2-c2nc4ccc(Cn5cc(CN)cn5)cc4s2)CCN(C(=O)OC(C)(C)C)C3)cn1. The molecule has 0 spiro atoms. The second-order valence-electron chi connectivity index (χ2n) is 12.4. The Morgan fingerprint density at radius 3 is 2.65 bits per heavy atom. The van der Waals surface area contributed by atoms with E-state index in [9.17, 15) is 9.59 Å². The Morgan fingerprint density at radius 2 is 1.91 bits per heavy atom. The van der Waals surface area contributed by atoms with Crippen molar-refractivity contribution in [1.29, 1.82) is 0 Å². The molecular formula is C32H39N9O3S2. The van der Waals surface area contributed by atoms with Crippen molar-refractivity contribution in [2.75, 3.05) is 18.4 Å². The zero-order chi connectivity index (χ0) is 32.4. The van der Waals surface area contributed by atoms with Crippen molar-refractivity contribution in [2.45, 2.75) is 65.4 Å². The molecule has 5 heterocycles. The molecule has 46 heavy (non-hydrogen) atoms. The highest BCUT2D eigenvalue weighted by Crippen LogP contribution is 2.46. The van der Waals surface area contributed by atoms with Crippen molar-refractivity contribution in [1.82, 2.24) is 34.8 Å². The van der Waals surface area contributed by atoms with Crippen LogP contribution in [-0.2, 0) is 49.2 Å². The van der Waals surface area contributed by atoms with Crippen LogP contribution < -0.4 is 16.4 Å². The second-order valence-corrected chi connectivity index (χ2v) is 14.6. The van der Waals surface area contributed by atoms with Crippen LogP contribution in [0, 0.1) is 0 Å². The largest absolute Gasteiger partial charge is 0.444 e. The number of hydrogen-bond acceptors (Lipinski definition) is 10. The lowest BCUT2D eigenvalue weighted by atomic mass is 10.0. The van der Waals surface area contributed by atoms with Gasteiger partial charge in [0.05, 0.1) is 35.7 Å². The van der Waals surface area contributed by atoms with Gasteiger partial charge >= 0.3 is 6.09 Å². The van der Waals surface area contributed by atoms with Gasteiger partial charge in [-0.3, -0.25) is 14.2 Å². The number of aryl methyl sites for hydroxylation is 1. The third-order valence-corrected chi connectivity index (χ3v) is 9.68. The van der Waals surface area contributed by atoms with Crippen LogP contribution in [0.2, 0.25) is 0 Å². The molecule has 0 unspecified atom stereocenters. The summed E-state index contributed by atoms with van der Waals surface area (Å²) in [5.74, 6) is -0.0815. The summed E-state index contributed by atoms with van der Waals surface area (Å²) in [5, 5.41) is 16.7. The topological polar surface area (TPSA) is 145 Å². The number of amides is 2. The van der Waals surface area contributed by atoms with Crippen LogP contribution in [0.25, 0.3) is 20.8 Å². The number of thiazole rings is 1. The molecule has 12 nitrogen and oxygen atoms in total. The van der Waals surface area contributed by atoms with E-state index >= 15 is 0 Å². The number of hydrogen-bond donors (Lipinski definition) is 3. The van der Waals surface area contributed by atoms with E-state index in [0.717, 1.165) is 52.9 Å². The molecule has 5 aromatic rings. The lowest BCUT2D eigenvalue weighted by Gasteiger charge is -2.30. The molecule has 0 saturated heterocycles. The zero-order valence-corrected chi connectivity index (χ0v) is 28.1. The van der Waals surface area contributed by atoms with Gasteiger partial charge in [-0.25, -0.2) is 9.78 Å². The van der Waals surface area contributed by atoms with E-state index in [4.69, 9.17) is 15.5 Å². The summed E-state index contributed by atoms with van der Waals surface area (Å²) in [7, 11) is 1.88. The van der Waals surface area contributed by atoms with E-state index in [2.05, 4.69) is 33.0 Å². The first kappa shape index (κ1) is 31.9. The Balaban J connectivity index is 1.24. The van der Waals surface area contributed by atoms with Gasteiger partial charge < -0.3 is 26.0 Å². The standard InChI is InChI=1S/C32H39N9O3S2/c1-32(2,3)44-31(43)40-10-8-23-26(19-40)46-30(38-27(42)7-9-34-13-22-15-35-39(4)16-22)28(23)29-37-24-6-5-20(11-25(24)45-29)17-41-18-21(12-33)14-36-41/h5-6,11,14-16,18,34H,7-10,12-13,17,19,33H2,1-4H3,(H,38,42). The Labute approximate surface area is 275 Å². The van der Waals surface area contributed by atoms with Crippen molar-refractivity contribution >= 4 is 49.9 Å². The summed E-state index contributed by atoms with van der Waals surface area (Å²) in [4.78, 5) is 33.9. The molecular weight excluding hydrogens is 623 g/mol. The van der Waals surface area contributed by atoms with Crippen LogP contribution in [-0.4, -0.2) is 60.1 Å². The molecule has 2 amide bonds. The highest BCUT2D eigenvalue weighted by atomic mass is 32.1. The maximum Gasteiger partial charge on any atom is 0.410 e. The first-order valence-electron chi connectivity index (χ1n) is 15.3. The molecule has 0 saturated carbocycles. The first-order chi connectivity index (χ1) is 22.0. The van der Waals surface area contributed by atoms with Gasteiger partial charge in [-0.2, -0.15) is 10.2 Å². The second kappa shape index (κ2) is 13.3. The predicted octanol–water partition coefficient (Wildman–Crippen LogP) is 4.87. The maximum absolute atomic E-state index is 13.2. The van der Waals surface area contributed by atoms with E-state index in [1.807, 2.05) is 57.2 Å². The van der Waals surface area contributed by atoms with Crippen molar-refractivity contribution in [3.63, 3.8) is 0 Å². The maximum atomic E-state index is 13.2. The number of aromatic nitrogens is 5. The molecule has 0 fully saturated rings. The van der Waals surface area contributed by atoms with Crippen molar-refractivity contribution < 1.29 is 14.3 Å². The van der Waals surface area contributed by atoms with Gasteiger partial charge in [0.15, 0.2) is 0 Å². The summed E-state index contributed by atoms with van der Waals surface area (Å²) in [6.45, 7) is 8.82. The smallest absolute Gasteiger partial charge is 0.410 e. The highest BCUT2D eigenvalue weighted by Gasteiger charge is 2.31. The van der Waals surface area contributed by atoms with E-state index in [-0.39, 0.29) is 12.0 Å². The number of nitrogens with two attached hydrogens (primary N) is 1. The molecule has 242 valence electrons. The number of thiophene rings is 1. The average Bonchev–Trinajstić information content (AvgIpc) is 3.79. The van der Waals surface area contributed by atoms with Gasteiger partial charge in [-0.1, -0.05) is 6.07 Å². The quantitative estimate of drug-likeness (QED) is 0.180. The number of nitrogens with one attached hydrogen (secondary N) is 2.